The summed E-state index contributed by atoms with van der Waals surface area (Å²) in [5.41, 5.74) is 0.335. The van der Waals surface area contributed by atoms with Crippen LogP contribution >= 0.6 is 23.5 Å². The number of aliphatic imine (C=N–C) groups is 1. The molecular formula is C22H20F3N3O2S2. The van der Waals surface area contributed by atoms with Gasteiger partial charge in [-0.3, -0.25) is 9.69 Å². The summed E-state index contributed by atoms with van der Waals surface area (Å²) in [5, 5.41) is 1.16. The largest absolute Gasteiger partial charge is 0.497 e. The number of ether oxygens (including phenoxy) is 1. The van der Waals surface area contributed by atoms with E-state index in [4.69, 9.17) is 4.74 Å². The van der Waals surface area contributed by atoms with Crippen LogP contribution in [-0.4, -0.2) is 36.2 Å². The van der Waals surface area contributed by atoms with Crippen LogP contribution in [0.1, 0.15) is 19.4 Å². The molecule has 168 valence electrons. The fraction of sp³-hybridized carbons (Fsp3) is 0.273. The summed E-state index contributed by atoms with van der Waals surface area (Å²) >= 11 is 2.68. The van der Waals surface area contributed by atoms with Crippen LogP contribution in [0.15, 0.2) is 62.3 Å². The van der Waals surface area contributed by atoms with E-state index < -0.39 is 11.7 Å². The van der Waals surface area contributed by atoms with Crippen LogP contribution in [0.3, 0.4) is 0 Å². The number of likely N-dealkylation sites (N-methyl/N-ethyl adjacent to an activating group) is 1. The van der Waals surface area contributed by atoms with Gasteiger partial charge in [-0.15, -0.1) is 0 Å². The van der Waals surface area contributed by atoms with Gasteiger partial charge in [0.05, 0.1) is 24.0 Å². The monoisotopic (exact) mass is 479 g/mol. The third kappa shape index (κ3) is 4.09. The average molecular weight is 480 g/mol. The third-order valence-electron chi connectivity index (χ3n) is 5.00. The molecular weight excluding hydrogens is 459 g/mol. The topological polar surface area (TPSA) is 45.1 Å². The van der Waals surface area contributed by atoms with E-state index in [-0.39, 0.29) is 11.6 Å². The summed E-state index contributed by atoms with van der Waals surface area (Å²) in [6, 6.07) is 10.6. The molecule has 0 spiro atoms. The van der Waals surface area contributed by atoms with Gasteiger partial charge in [-0.25, -0.2) is 4.99 Å². The highest BCUT2D eigenvalue weighted by Gasteiger charge is 2.39. The summed E-state index contributed by atoms with van der Waals surface area (Å²) in [5.74, 6) is 0.519. The highest BCUT2D eigenvalue weighted by molar-refractivity contribution is 8.19. The Bertz CT molecular complexity index is 1130. The molecule has 0 N–H and O–H groups in total. The van der Waals surface area contributed by atoms with Crippen LogP contribution in [0, 0.1) is 0 Å². The molecule has 0 radical (unpaired) electrons. The Morgan fingerprint density at radius 2 is 1.78 bits per heavy atom. The van der Waals surface area contributed by atoms with E-state index in [1.165, 1.54) is 40.6 Å². The molecule has 32 heavy (non-hydrogen) atoms. The van der Waals surface area contributed by atoms with Crippen molar-refractivity contribution in [1.82, 2.24) is 4.90 Å². The number of alkyl halides is 3. The second-order valence-electron chi connectivity index (χ2n) is 6.91. The molecule has 0 aromatic heterocycles. The molecule has 1 amide bonds. The number of benzene rings is 2. The Morgan fingerprint density at radius 1 is 1.03 bits per heavy atom. The van der Waals surface area contributed by atoms with Crippen molar-refractivity contribution in [1.29, 1.82) is 0 Å². The number of amidine groups is 1. The highest BCUT2D eigenvalue weighted by atomic mass is 32.2. The number of carbonyl (C=O) groups excluding carboxylic acids is 1. The Balaban J connectivity index is 1.73. The lowest BCUT2D eigenvalue weighted by atomic mass is 10.2. The predicted octanol–water partition coefficient (Wildman–Crippen LogP) is 6.10. The maximum atomic E-state index is 13.2. The van der Waals surface area contributed by atoms with E-state index in [9.17, 15) is 18.0 Å². The number of halogens is 3. The number of anilines is 1. The molecule has 5 nitrogen and oxygen atoms in total. The minimum absolute atomic E-state index is 0.152. The quantitative estimate of drug-likeness (QED) is 0.496. The Kier molecular flexibility index (Phi) is 6.17. The summed E-state index contributed by atoms with van der Waals surface area (Å²) in [4.78, 5) is 22.7. The van der Waals surface area contributed by atoms with Gasteiger partial charge in [0.25, 0.3) is 5.91 Å². The molecule has 2 heterocycles. The minimum Gasteiger partial charge on any atom is -0.497 e. The molecule has 1 saturated heterocycles. The van der Waals surface area contributed by atoms with Gasteiger partial charge in [-0.2, -0.15) is 13.2 Å². The van der Waals surface area contributed by atoms with Crippen LogP contribution in [0.4, 0.5) is 24.5 Å². The van der Waals surface area contributed by atoms with Crippen molar-refractivity contribution in [2.45, 2.75) is 24.9 Å². The molecule has 1 fully saturated rings. The zero-order valence-electron chi connectivity index (χ0n) is 17.6. The predicted molar refractivity (Wildman–Crippen MR) is 122 cm³/mol. The second-order valence-corrected chi connectivity index (χ2v) is 8.92. The van der Waals surface area contributed by atoms with E-state index in [1.54, 1.807) is 7.11 Å². The zero-order valence-corrected chi connectivity index (χ0v) is 19.2. The average Bonchev–Trinajstić information content (AvgIpc) is 3.29. The normalized spacial score (nSPS) is 19.8. The maximum absolute atomic E-state index is 13.2. The smallest absolute Gasteiger partial charge is 0.416 e. The maximum Gasteiger partial charge on any atom is 0.416 e. The minimum atomic E-state index is -4.46. The standard InChI is InChI=1S/C22H20F3N3O2S2/c1-4-27-16-12-15(30-3)9-10-17(16)31-20(27)18-19(29)28(5-2)21(32-18)26-14-8-6-7-13(11-14)22(23,24)25/h6-12H,4-5H2,1-3H3. The van der Waals surface area contributed by atoms with Gasteiger partial charge in [0.1, 0.15) is 15.7 Å². The first kappa shape index (κ1) is 22.6. The molecule has 0 atom stereocenters. The van der Waals surface area contributed by atoms with Crippen LogP contribution in [-0.2, 0) is 11.0 Å². The van der Waals surface area contributed by atoms with Gasteiger partial charge in [-0.1, -0.05) is 17.8 Å². The molecule has 0 unspecified atom stereocenters. The van der Waals surface area contributed by atoms with Gasteiger partial charge in [0.15, 0.2) is 5.17 Å². The molecule has 0 saturated carbocycles. The van der Waals surface area contributed by atoms with Crippen molar-refractivity contribution in [3.05, 3.63) is 58.0 Å². The molecule has 0 bridgehead atoms. The van der Waals surface area contributed by atoms with Gasteiger partial charge in [0.2, 0.25) is 0 Å². The van der Waals surface area contributed by atoms with Gasteiger partial charge in [-0.05, 0) is 55.9 Å². The van der Waals surface area contributed by atoms with Crippen molar-refractivity contribution >= 4 is 46.0 Å². The summed E-state index contributed by atoms with van der Waals surface area (Å²) in [7, 11) is 1.60. The zero-order chi connectivity index (χ0) is 23.0. The lowest BCUT2D eigenvalue weighted by Crippen LogP contribution is -2.29. The first-order valence-corrected chi connectivity index (χ1v) is 11.5. The Hall–Kier alpha value is -2.59. The van der Waals surface area contributed by atoms with Gasteiger partial charge >= 0.3 is 6.18 Å². The van der Waals surface area contributed by atoms with Crippen LogP contribution < -0.4 is 9.64 Å². The molecule has 2 aromatic carbocycles. The molecule has 2 aromatic rings. The van der Waals surface area contributed by atoms with Crippen molar-refractivity contribution < 1.29 is 22.7 Å². The number of amides is 1. The van der Waals surface area contributed by atoms with E-state index in [0.717, 1.165) is 33.5 Å². The van der Waals surface area contributed by atoms with E-state index in [2.05, 4.69) is 4.99 Å². The van der Waals surface area contributed by atoms with Crippen LogP contribution in [0.25, 0.3) is 0 Å². The number of methoxy groups -OCH3 is 1. The van der Waals surface area contributed by atoms with E-state index >= 15 is 0 Å². The first-order valence-electron chi connectivity index (χ1n) is 9.90. The lowest BCUT2D eigenvalue weighted by molar-refractivity contribution is -0.137. The van der Waals surface area contributed by atoms with Crippen LogP contribution in [0.5, 0.6) is 5.75 Å². The van der Waals surface area contributed by atoms with Crippen LogP contribution in [0.2, 0.25) is 0 Å². The highest BCUT2D eigenvalue weighted by Crippen LogP contribution is 2.51. The number of rotatable bonds is 4. The number of fused-ring (bicyclic) bond motifs is 1. The van der Waals surface area contributed by atoms with Crippen molar-refractivity contribution in [3.63, 3.8) is 0 Å². The number of nitrogens with zero attached hydrogens (tertiary/aromatic N) is 3. The summed E-state index contributed by atoms with van der Waals surface area (Å²) < 4.78 is 44.6. The molecule has 10 heteroatoms. The van der Waals surface area contributed by atoms with E-state index in [1.807, 2.05) is 36.9 Å². The lowest BCUT2D eigenvalue weighted by Gasteiger charge is -2.19. The summed E-state index contributed by atoms with van der Waals surface area (Å²) in [6.07, 6.45) is -4.46. The molecule has 2 aliphatic heterocycles. The molecule has 0 aliphatic carbocycles. The second kappa shape index (κ2) is 8.74. The Labute approximate surface area is 192 Å². The Morgan fingerprint density at radius 3 is 2.44 bits per heavy atom. The molecule has 4 rings (SSSR count). The summed E-state index contributed by atoms with van der Waals surface area (Å²) in [6.45, 7) is 4.81. The number of carbonyl (C=O) groups is 1. The SMILES string of the molecule is CCN1C(=O)C(=C2Sc3ccc(OC)cc3N2CC)SC1=Nc1cccc(C(F)(F)F)c1. The van der Waals surface area contributed by atoms with Crippen molar-refractivity contribution in [2.75, 3.05) is 25.1 Å². The fourth-order valence-corrected chi connectivity index (χ4v) is 5.87. The third-order valence-corrected chi connectivity index (χ3v) is 7.38. The fourth-order valence-electron chi connectivity index (χ4n) is 3.43. The number of hydrogen-bond acceptors (Lipinski definition) is 6. The van der Waals surface area contributed by atoms with Crippen molar-refractivity contribution in [3.8, 4) is 5.75 Å². The number of hydrogen-bond donors (Lipinski definition) is 0. The van der Waals surface area contributed by atoms with Crippen molar-refractivity contribution in [2.24, 2.45) is 4.99 Å². The molecule has 2 aliphatic rings. The number of thioether (sulfide) groups is 2. The van der Waals surface area contributed by atoms with E-state index in [0.29, 0.717) is 23.2 Å². The first-order chi connectivity index (χ1) is 15.3. The van der Waals surface area contributed by atoms with Gasteiger partial charge in [0, 0.05) is 24.1 Å². The van der Waals surface area contributed by atoms with Gasteiger partial charge < -0.3 is 9.64 Å².